The van der Waals surface area contributed by atoms with Gasteiger partial charge in [-0.15, -0.1) is 0 Å². The summed E-state index contributed by atoms with van der Waals surface area (Å²) < 4.78 is 26.6. The molecule has 0 amide bonds. The topological polar surface area (TPSA) is 98.0 Å². The van der Waals surface area contributed by atoms with E-state index in [1.807, 2.05) is 0 Å². The summed E-state index contributed by atoms with van der Waals surface area (Å²) in [5.41, 5.74) is 6.56. The number of nitrogen functional groups attached to an aromatic ring is 1. The van der Waals surface area contributed by atoms with Crippen LogP contribution in [0.25, 0.3) is 0 Å². The molecule has 0 unspecified atom stereocenters. The molecule has 0 fully saturated rings. The maximum atomic E-state index is 12.2. The van der Waals surface area contributed by atoms with E-state index in [4.69, 9.17) is 17.3 Å². The van der Waals surface area contributed by atoms with E-state index in [1.165, 1.54) is 18.3 Å². The lowest BCUT2D eigenvalue weighted by Crippen LogP contribution is -2.16. The first kappa shape index (κ1) is 13.6. The van der Waals surface area contributed by atoms with Crippen molar-refractivity contribution in [3.05, 3.63) is 41.2 Å². The fourth-order valence-electron chi connectivity index (χ4n) is 1.48. The van der Waals surface area contributed by atoms with Crippen molar-refractivity contribution in [3.8, 4) is 0 Å². The van der Waals surface area contributed by atoms with Crippen molar-refractivity contribution in [2.24, 2.45) is 0 Å². The van der Waals surface area contributed by atoms with Crippen LogP contribution in [0.5, 0.6) is 0 Å². The third kappa shape index (κ3) is 2.94. The van der Waals surface area contributed by atoms with Crippen LogP contribution >= 0.6 is 11.6 Å². The molecule has 0 aliphatic rings. The number of sulfonamides is 1. The Hall–Kier alpha value is -1.86. The van der Waals surface area contributed by atoms with Crippen LogP contribution in [0.2, 0.25) is 5.15 Å². The number of benzene rings is 1. The van der Waals surface area contributed by atoms with Crippen molar-refractivity contribution in [2.75, 3.05) is 10.5 Å². The van der Waals surface area contributed by atoms with Gasteiger partial charge >= 0.3 is 0 Å². The van der Waals surface area contributed by atoms with E-state index in [0.29, 0.717) is 11.3 Å². The normalized spacial score (nSPS) is 11.3. The summed E-state index contributed by atoms with van der Waals surface area (Å²) in [5.74, 6) is -0.0886. The van der Waals surface area contributed by atoms with Gasteiger partial charge in [0.1, 0.15) is 5.15 Å². The van der Waals surface area contributed by atoms with Gasteiger partial charge in [-0.05, 0) is 30.7 Å². The van der Waals surface area contributed by atoms with Crippen LogP contribution in [0.3, 0.4) is 0 Å². The average molecular weight is 299 g/mol. The molecule has 0 radical (unpaired) electrons. The lowest BCUT2D eigenvalue weighted by atomic mass is 10.2. The van der Waals surface area contributed by atoms with E-state index >= 15 is 0 Å². The first-order chi connectivity index (χ1) is 8.90. The van der Waals surface area contributed by atoms with Crippen molar-refractivity contribution < 1.29 is 8.42 Å². The number of rotatable bonds is 3. The fraction of sp³-hybridized carbons (Fsp3) is 0.0909. The predicted molar refractivity (Wildman–Crippen MR) is 73.4 cm³/mol. The average Bonchev–Trinajstić information content (AvgIpc) is 2.32. The lowest BCUT2D eigenvalue weighted by Gasteiger charge is -2.10. The van der Waals surface area contributed by atoms with Gasteiger partial charge in [0.25, 0.3) is 10.0 Å². The van der Waals surface area contributed by atoms with Crippen LogP contribution < -0.4 is 10.5 Å². The van der Waals surface area contributed by atoms with Gasteiger partial charge in [-0.2, -0.15) is 0 Å². The minimum Gasteiger partial charge on any atom is -0.398 e. The van der Waals surface area contributed by atoms with Crippen LogP contribution in [-0.2, 0) is 10.0 Å². The minimum absolute atomic E-state index is 0.0797. The Kier molecular flexibility index (Phi) is 3.59. The second-order valence-corrected chi connectivity index (χ2v) is 5.82. The van der Waals surface area contributed by atoms with E-state index < -0.39 is 10.0 Å². The Balaban J connectivity index is 2.41. The zero-order valence-electron chi connectivity index (χ0n) is 9.96. The van der Waals surface area contributed by atoms with Crippen molar-refractivity contribution in [1.82, 2.24) is 9.97 Å². The minimum atomic E-state index is -3.80. The van der Waals surface area contributed by atoms with Gasteiger partial charge in [0.05, 0.1) is 4.90 Å². The van der Waals surface area contributed by atoms with E-state index in [-0.39, 0.29) is 16.0 Å². The molecule has 0 saturated heterocycles. The molecule has 0 atom stereocenters. The van der Waals surface area contributed by atoms with Gasteiger partial charge < -0.3 is 5.73 Å². The van der Waals surface area contributed by atoms with Gasteiger partial charge in [-0.1, -0.05) is 17.7 Å². The summed E-state index contributed by atoms with van der Waals surface area (Å²) in [7, 11) is -3.80. The molecule has 19 heavy (non-hydrogen) atoms. The first-order valence-electron chi connectivity index (χ1n) is 5.26. The molecule has 1 heterocycles. The first-order valence-corrected chi connectivity index (χ1v) is 7.13. The number of nitrogens with one attached hydrogen (secondary N) is 1. The number of nitrogens with two attached hydrogens (primary N) is 1. The van der Waals surface area contributed by atoms with Crippen LogP contribution in [0.4, 0.5) is 11.6 Å². The lowest BCUT2D eigenvalue weighted by molar-refractivity contribution is 0.600. The molecule has 2 rings (SSSR count). The molecule has 1 aromatic heterocycles. The molecule has 0 bridgehead atoms. The molecule has 6 nitrogen and oxygen atoms in total. The Morgan fingerprint density at radius 2 is 2.05 bits per heavy atom. The molecule has 1 aromatic carbocycles. The second kappa shape index (κ2) is 5.02. The van der Waals surface area contributed by atoms with Crippen LogP contribution in [0.1, 0.15) is 5.56 Å². The zero-order chi connectivity index (χ0) is 14.0. The Morgan fingerprint density at radius 1 is 1.32 bits per heavy atom. The highest BCUT2D eigenvalue weighted by Crippen LogP contribution is 2.22. The smallest absolute Gasteiger partial charge is 0.264 e. The monoisotopic (exact) mass is 298 g/mol. The number of aromatic nitrogens is 2. The molecule has 0 spiro atoms. The highest BCUT2D eigenvalue weighted by Gasteiger charge is 2.19. The molecule has 2 aromatic rings. The third-order valence-corrected chi connectivity index (χ3v) is 4.15. The Morgan fingerprint density at radius 3 is 2.74 bits per heavy atom. The third-order valence-electron chi connectivity index (χ3n) is 2.46. The summed E-state index contributed by atoms with van der Waals surface area (Å²) in [6.07, 6.45) is 1.36. The van der Waals surface area contributed by atoms with Gasteiger partial charge in [-0.25, -0.2) is 23.1 Å². The number of nitrogens with zero attached hydrogens (tertiary/aromatic N) is 2. The molecule has 8 heteroatoms. The summed E-state index contributed by atoms with van der Waals surface area (Å²) >= 11 is 5.67. The molecule has 3 N–H and O–H groups in total. The van der Waals surface area contributed by atoms with Crippen molar-refractivity contribution in [2.45, 2.75) is 11.8 Å². The van der Waals surface area contributed by atoms with Gasteiger partial charge in [0.15, 0.2) is 0 Å². The molecular weight excluding hydrogens is 288 g/mol. The van der Waals surface area contributed by atoms with Crippen molar-refractivity contribution in [3.63, 3.8) is 0 Å². The zero-order valence-corrected chi connectivity index (χ0v) is 11.5. The SMILES string of the molecule is Cc1c(N)cccc1S(=O)(=O)Nc1nccc(Cl)n1. The summed E-state index contributed by atoms with van der Waals surface area (Å²) in [6, 6.07) is 6.10. The van der Waals surface area contributed by atoms with E-state index in [9.17, 15) is 8.42 Å². The van der Waals surface area contributed by atoms with E-state index in [1.54, 1.807) is 19.1 Å². The highest BCUT2D eigenvalue weighted by atomic mass is 35.5. The maximum Gasteiger partial charge on any atom is 0.264 e. The molecular formula is C11H11ClN4O2S. The maximum absolute atomic E-state index is 12.2. The van der Waals surface area contributed by atoms with Crippen LogP contribution in [0.15, 0.2) is 35.4 Å². The summed E-state index contributed by atoms with van der Waals surface area (Å²) in [5, 5.41) is 0.150. The molecule has 0 saturated carbocycles. The fourth-order valence-corrected chi connectivity index (χ4v) is 2.85. The molecule has 100 valence electrons. The largest absolute Gasteiger partial charge is 0.398 e. The van der Waals surface area contributed by atoms with Crippen LogP contribution in [0, 0.1) is 6.92 Å². The summed E-state index contributed by atoms with van der Waals surface area (Å²) in [6.45, 7) is 1.63. The second-order valence-electron chi connectivity index (χ2n) is 3.78. The number of hydrogen-bond donors (Lipinski definition) is 2. The Labute approximate surface area is 115 Å². The predicted octanol–water partition coefficient (Wildman–Crippen LogP) is 1.82. The van der Waals surface area contributed by atoms with E-state index in [2.05, 4.69) is 14.7 Å². The molecule has 0 aliphatic carbocycles. The standard InChI is InChI=1S/C11H11ClN4O2S/c1-7-8(13)3-2-4-9(7)19(17,18)16-11-14-6-5-10(12)15-11/h2-6H,13H2,1H3,(H,14,15,16). The quantitative estimate of drug-likeness (QED) is 0.665. The summed E-state index contributed by atoms with van der Waals surface area (Å²) in [4.78, 5) is 7.63. The number of halogens is 1. The van der Waals surface area contributed by atoms with Crippen LogP contribution in [-0.4, -0.2) is 18.4 Å². The van der Waals surface area contributed by atoms with Gasteiger partial charge in [-0.3, -0.25) is 0 Å². The highest BCUT2D eigenvalue weighted by molar-refractivity contribution is 7.92. The number of anilines is 2. The van der Waals surface area contributed by atoms with Crippen molar-refractivity contribution in [1.29, 1.82) is 0 Å². The van der Waals surface area contributed by atoms with E-state index in [0.717, 1.165) is 0 Å². The van der Waals surface area contributed by atoms with Gasteiger partial charge in [0.2, 0.25) is 5.95 Å². The molecule has 0 aliphatic heterocycles. The Bertz CT molecular complexity index is 718. The van der Waals surface area contributed by atoms with Crippen molar-refractivity contribution >= 4 is 33.3 Å². The number of hydrogen-bond acceptors (Lipinski definition) is 5. The van der Waals surface area contributed by atoms with Gasteiger partial charge in [0, 0.05) is 11.9 Å².